The van der Waals surface area contributed by atoms with Crippen molar-refractivity contribution in [3.63, 3.8) is 0 Å². The Kier molecular flexibility index (Phi) is 59.4. The van der Waals surface area contributed by atoms with Crippen molar-refractivity contribution in [3.8, 4) is 94.0 Å². The summed E-state index contributed by atoms with van der Waals surface area (Å²) in [6.07, 6.45) is 8.30. The molecule has 0 aliphatic rings. The zero-order chi connectivity index (χ0) is 99.5. The maximum Gasteiger partial charge on any atom is 0.347 e. The molecule has 8 aromatic carbocycles. The summed E-state index contributed by atoms with van der Waals surface area (Å²) in [5.74, 6) is 2.78. The van der Waals surface area contributed by atoms with E-state index in [1.807, 2.05) is 100 Å². The molecule has 0 fully saturated rings. The van der Waals surface area contributed by atoms with Crippen LogP contribution in [0.1, 0.15) is 74.6 Å². The number of hydrogen-bond acceptors (Lipinski definition) is 38. The summed E-state index contributed by atoms with van der Waals surface area (Å²) in [5.41, 5.74) is 4.51. The molecule has 0 heterocycles. The van der Waals surface area contributed by atoms with E-state index in [1.54, 1.807) is 160 Å². The smallest absolute Gasteiger partial charge is 0.347 e. The largest absolute Gasteiger partial charge is 0.494 e. The van der Waals surface area contributed by atoms with Crippen LogP contribution >= 0.6 is 0 Å². The number of hydrogen-bond donors (Lipinski definition) is 0. The Morgan fingerprint density at radius 1 is 0.217 bits per heavy atom. The highest BCUT2D eigenvalue weighted by Gasteiger charge is 2.20. The number of aryl methyl sites for hydroxylation is 4. The number of benzene rings is 8. The van der Waals surface area contributed by atoms with Gasteiger partial charge < -0.3 is 123 Å². The molecular formula is C100H116N4O34. The fourth-order valence-electron chi connectivity index (χ4n) is 10.5. The Morgan fingerprint density at radius 2 is 0.435 bits per heavy atom. The summed E-state index contributed by atoms with van der Waals surface area (Å²) in [6, 6.07) is 55.9. The van der Waals surface area contributed by atoms with Crippen LogP contribution in [0, 0.1) is 73.8 Å². The predicted molar refractivity (Wildman–Crippen MR) is 489 cm³/mol. The highest BCUT2D eigenvalue weighted by atomic mass is 16.6. The van der Waals surface area contributed by atoms with E-state index in [0.29, 0.717) is 96.6 Å². The lowest BCUT2D eigenvalue weighted by Crippen LogP contribution is -2.28. The molecule has 0 radical (unpaired) electrons. The molecule has 138 heavy (non-hydrogen) atoms. The van der Waals surface area contributed by atoms with Crippen LogP contribution in [0.5, 0.6) is 69.0 Å². The summed E-state index contributed by atoms with van der Waals surface area (Å²) in [7, 11) is 0. The molecule has 0 saturated carbocycles. The fourth-order valence-corrected chi connectivity index (χ4v) is 10.5. The molecule has 0 saturated heterocycles. The van der Waals surface area contributed by atoms with E-state index < -0.39 is 48.0 Å². The van der Waals surface area contributed by atoms with Crippen molar-refractivity contribution in [2.45, 2.75) is 92.3 Å². The van der Waals surface area contributed by atoms with E-state index in [-0.39, 0.29) is 170 Å². The van der Waals surface area contributed by atoms with Crippen molar-refractivity contribution in [2.75, 3.05) is 172 Å². The Hall–Kier alpha value is -15.2. The van der Waals surface area contributed by atoms with Gasteiger partial charge in [-0.1, -0.05) is 70.8 Å². The first-order chi connectivity index (χ1) is 67.1. The third kappa shape index (κ3) is 56.8. The van der Waals surface area contributed by atoms with Crippen LogP contribution in [-0.2, 0) is 105 Å². The van der Waals surface area contributed by atoms with Gasteiger partial charge in [0, 0.05) is 12.8 Å². The molecule has 0 aliphatic carbocycles. The zero-order valence-electron chi connectivity index (χ0n) is 77.9. The van der Waals surface area contributed by atoms with Crippen molar-refractivity contribution in [2.24, 2.45) is 0 Å². The molecule has 0 aliphatic heterocycles. The van der Waals surface area contributed by atoms with Crippen LogP contribution in [0.25, 0.3) is 0 Å². The molecule has 0 N–H and O–H groups in total. The minimum atomic E-state index is -0.830. The Morgan fingerprint density at radius 3 is 0.732 bits per heavy atom. The molecule has 2 unspecified atom stereocenters. The first-order valence-corrected chi connectivity index (χ1v) is 43.8. The quantitative estimate of drug-likeness (QED) is 0.0148. The van der Waals surface area contributed by atoms with Gasteiger partial charge in [-0.15, -0.1) is 21.0 Å². The molecule has 8 aromatic rings. The molecule has 8 rings (SSSR count). The number of carbonyl (C=O) groups is 8. The fraction of sp³-hybridized carbons (Fsp3) is 0.400. The number of rotatable bonds is 64. The van der Waals surface area contributed by atoms with Crippen LogP contribution < -0.4 is 56.8 Å². The van der Waals surface area contributed by atoms with Crippen LogP contribution in [-0.4, -0.2) is 232 Å². The molecule has 38 heteroatoms. The van der Waals surface area contributed by atoms with E-state index in [2.05, 4.69) is 14.2 Å². The summed E-state index contributed by atoms with van der Waals surface area (Å²) in [4.78, 5) is 93.9. The van der Waals surface area contributed by atoms with Crippen molar-refractivity contribution < 1.29 is 162 Å². The number of nitrogens with zero attached hydrogens (tertiary/aromatic N) is 4. The summed E-state index contributed by atoms with van der Waals surface area (Å²) in [6.45, 7) is 14.3. The van der Waals surface area contributed by atoms with E-state index in [0.717, 1.165) is 41.0 Å². The maximum absolute atomic E-state index is 12.0. The van der Waals surface area contributed by atoms with Crippen LogP contribution in [0.3, 0.4) is 0 Å². The molecule has 2 atom stereocenters. The first-order valence-electron chi connectivity index (χ1n) is 43.8. The Bertz CT molecular complexity index is 4930. The van der Waals surface area contributed by atoms with Gasteiger partial charge in [-0.25, -0.2) is 28.8 Å². The van der Waals surface area contributed by atoms with Crippen molar-refractivity contribution in [1.82, 2.24) is 0 Å². The van der Waals surface area contributed by atoms with Gasteiger partial charge >= 0.3 is 47.8 Å². The summed E-state index contributed by atoms with van der Waals surface area (Å²) < 4.78 is 134. The number of ether oxygens (including phenoxy) is 26. The topological polar surface area (TPSA) is 472 Å². The summed E-state index contributed by atoms with van der Waals surface area (Å²) >= 11 is 0. The molecule has 38 nitrogen and oxygen atoms in total. The number of unbranched alkanes of at least 4 members (excludes halogenated alkanes) is 2. The SMILES string of the molecule is Cc1ccc(OC(C)C(=O)OCCOCCOC(=O)C(C)Oc2ccc(OC#N)cc2)cc1.Cc1ccc(OCC(=O)OCCOCCOC(=O)COc2ccc(OC#N)cc2)cc1.Cc1ccc(OCCCC(=O)OCCOCCOC(=O)CCCCCOc2ccc(OC#N)cc2)cc1.Cc1ccc(OCCOCC(=O)OCCOCCOC(=O)COCCOc2ccc(OC#N)cc2)cc1. The number of nitriles is 4. The van der Waals surface area contributed by atoms with Crippen molar-refractivity contribution in [3.05, 3.63) is 216 Å². The molecule has 0 spiro atoms. The molecule has 0 amide bonds. The lowest BCUT2D eigenvalue weighted by atomic mass is 10.2. The second-order valence-electron chi connectivity index (χ2n) is 28.5. The van der Waals surface area contributed by atoms with Crippen LogP contribution in [0.2, 0.25) is 0 Å². The van der Waals surface area contributed by atoms with Gasteiger partial charge in [0.2, 0.25) is 0 Å². The lowest BCUT2D eigenvalue weighted by Gasteiger charge is -2.15. The lowest BCUT2D eigenvalue weighted by molar-refractivity contribution is -0.155. The van der Waals surface area contributed by atoms with Crippen LogP contribution in [0.4, 0.5) is 0 Å². The normalized spacial score (nSPS) is 10.6. The molecule has 0 bridgehead atoms. The predicted octanol–water partition coefficient (Wildman–Crippen LogP) is 12.8. The standard InChI is InChI=1S/C28H35NO8.C26H31NO10.C24H27NO8.C22H23NO8/c1-23-8-10-24(11-9-23)34-17-5-7-28(31)36-21-19-32-18-20-35-27(30)6-3-2-4-16-33-25-12-14-26(15-13-25)37-22-29;1-21-2-4-22(5-3-21)33-14-12-31-18-25(28)35-16-10-30-11-17-36-26(29)19-32-13-15-34-23-6-8-24(9-7-23)37-20-27;1-17-4-6-21(7-5-17)32-18(2)23(26)29-14-12-28-13-15-30-24(27)19(3)33-22-10-8-20(9-11-22)31-16-25;1-17-2-4-18(5-3-17)29-14-21(24)27-12-10-26-11-13-28-22(25)15-30-19-6-8-20(9-7-19)31-16-23/h8-15H,2-7,16-21H2,1H3;2-9H,10-19H2,1H3;4-11,18-19H,12-15H2,1-3H3;2-9H,10-15H2,1H3. The van der Waals surface area contributed by atoms with Crippen LogP contribution in [0.15, 0.2) is 194 Å². The molecule has 0 aromatic heterocycles. The van der Waals surface area contributed by atoms with Gasteiger partial charge in [0.15, 0.2) is 25.4 Å². The zero-order valence-corrected chi connectivity index (χ0v) is 77.9. The number of carbonyl (C=O) groups excluding carboxylic acids is 8. The minimum Gasteiger partial charge on any atom is -0.494 e. The van der Waals surface area contributed by atoms with Gasteiger partial charge in [-0.05, 0) is 213 Å². The average Bonchev–Trinajstić information content (AvgIpc) is 0.897. The van der Waals surface area contributed by atoms with Gasteiger partial charge in [-0.2, -0.15) is 0 Å². The van der Waals surface area contributed by atoms with E-state index in [9.17, 15) is 38.4 Å². The molecule has 740 valence electrons. The van der Waals surface area contributed by atoms with E-state index in [4.69, 9.17) is 130 Å². The highest BCUT2D eigenvalue weighted by Crippen LogP contribution is 2.24. The third-order valence-electron chi connectivity index (χ3n) is 17.4. The third-order valence-corrected chi connectivity index (χ3v) is 17.4. The minimum absolute atomic E-state index is 0.0301. The maximum atomic E-state index is 12.0. The molecular weight excluding hydrogens is 1800 g/mol. The highest BCUT2D eigenvalue weighted by molar-refractivity contribution is 5.75. The monoisotopic (exact) mass is 1920 g/mol. The van der Waals surface area contributed by atoms with Crippen molar-refractivity contribution >= 4 is 47.8 Å². The first kappa shape index (κ1) is 113. The van der Waals surface area contributed by atoms with E-state index in [1.165, 1.54) is 5.56 Å². The second-order valence-corrected chi connectivity index (χ2v) is 28.5. The second kappa shape index (κ2) is 72.3. The Balaban J connectivity index is 0.000000325. The van der Waals surface area contributed by atoms with Gasteiger partial charge in [-0.3, -0.25) is 9.59 Å². The van der Waals surface area contributed by atoms with E-state index >= 15 is 0 Å². The average molecular weight is 1920 g/mol. The Labute approximate surface area is 801 Å². The van der Waals surface area contributed by atoms with Crippen molar-refractivity contribution in [1.29, 1.82) is 21.0 Å². The summed E-state index contributed by atoms with van der Waals surface area (Å²) in [5, 5.41) is 33.8. The van der Waals surface area contributed by atoms with Gasteiger partial charge in [0.05, 0.1) is 79.3 Å². The van der Waals surface area contributed by atoms with Gasteiger partial charge in [0.1, 0.15) is 148 Å². The number of esters is 8. The van der Waals surface area contributed by atoms with Gasteiger partial charge in [0.25, 0.3) is 25.0 Å².